The van der Waals surface area contributed by atoms with Crippen LogP contribution in [0, 0.1) is 0 Å². The minimum atomic E-state index is 0.0605. The highest BCUT2D eigenvalue weighted by Crippen LogP contribution is 2.14. The average molecular weight is 252 g/mol. The minimum Gasteiger partial charge on any atom is -0.346 e. The van der Waals surface area contributed by atoms with Crippen LogP contribution in [0.4, 0.5) is 0 Å². The van der Waals surface area contributed by atoms with Crippen LogP contribution in [-0.4, -0.2) is 4.57 Å². The molecule has 0 aliphatic rings. The van der Waals surface area contributed by atoms with Crippen molar-refractivity contribution in [2.24, 2.45) is 0 Å². The van der Waals surface area contributed by atoms with Crippen molar-refractivity contribution in [3.8, 4) is 0 Å². The van der Waals surface area contributed by atoms with Crippen molar-refractivity contribution in [1.29, 1.82) is 0 Å². The average Bonchev–Trinajstić information content (AvgIpc) is 2.23. The van der Waals surface area contributed by atoms with Gasteiger partial charge in [-0.15, -0.1) is 0 Å². The number of benzene rings is 1. The van der Waals surface area contributed by atoms with Gasteiger partial charge < -0.3 is 4.57 Å². The molecule has 0 saturated carbocycles. The maximum absolute atomic E-state index is 11.7. The molecule has 2 nitrogen and oxygen atoms in total. The fourth-order valence-electron chi connectivity index (χ4n) is 1.57. The fourth-order valence-corrected chi connectivity index (χ4v) is 2.03. The largest absolute Gasteiger partial charge is 0.346 e. The molecule has 0 atom stereocenters. The minimum absolute atomic E-state index is 0.0605. The molecule has 0 aliphatic carbocycles. The number of rotatable bonds is 1. The first-order valence-corrected chi connectivity index (χ1v) is 5.31. The molecule has 2 rings (SSSR count). The van der Waals surface area contributed by atoms with Gasteiger partial charge in [0.15, 0.2) is 0 Å². The molecule has 0 spiro atoms. The maximum atomic E-state index is 11.7. The van der Waals surface area contributed by atoms with Crippen LogP contribution < -0.4 is 5.43 Å². The zero-order chi connectivity index (χ0) is 10.1. The first-order valence-electron chi connectivity index (χ1n) is 4.51. The van der Waals surface area contributed by atoms with E-state index in [1.807, 2.05) is 30.5 Å². The number of aryl methyl sites for hydroxylation is 1. The van der Waals surface area contributed by atoms with Crippen LogP contribution in [0.5, 0.6) is 0 Å². The zero-order valence-electron chi connectivity index (χ0n) is 7.83. The molecule has 1 aromatic carbocycles. The summed E-state index contributed by atoms with van der Waals surface area (Å²) in [6.45, 7) is 2.92. The van der Waals surface area contributed by atoms with Crippen molar-refractivity contribution in [2.45, 2.75) is 13.5 Å². The number of hydrogen-bond acceptors (Lipinski definition) is 1. The van der Waals surface area contributed by atoms with E-state index in [0.29, 0.717) is 4.47 Å². The monoisotopic (exact) mass is 251 g/mol. The van der Waals surface area contributed by atoms with Gasteiger partial charge in [-0.05, 0) is 35.0 Å². The number of fused-ring (bicyclic) bond motifs is 1. The van der Waals surface area contributed by atoms with Gasteiger partial charge in [-0.25, -0.2) is 0 Å². The highest BCUT2D eigenvalue weighted by atomic mass is 79.9. The molecule has 2 aromatic rings. The van der Waals surface area contributed by atoms with E-state index in [2.05, 4.69) is 27.4 Å². The van der Waals surface area contributed by atoms with Gasteiger partial charge in [-0.2, -0.15) is 0 Å². The summed E-state index contributed by atoms with van der Waals surface area (Å²) in [5, 5.41) is 0.767. The number of halogens is 1. The molecule has 0 bridgehead atoms. The van der Waals surface area contributed by atoms with E-state index in [1.54, 1.807) is 0 Å². The van der Waals surface area contributed by atoms with Crippen LogP contribution in [-0.2, 0) is 6.54 Å². The second kappa shape index (κ2) is 3.58. The summed E-state index contributed by atoms with van der Waals surface area (Å²) in [5.74, 6) is 0. The first kappa shape index (κ1) is 9.46. The number of para-hydroxylation sites is 1. The van der Waals surface area contributed by atoms with Gasteiger partial charge in [-0.3, -0.25) is 4.79 Å². The molecule has 3 heteroatoms. The lowest BCUT2D eigenvalue weighted by atomic mass is 10.2. The summed E-state index contributed by atoms with van der Waals surface area (Å²) in [6, 6.07) is 7.65. The number of nitrogens with zero attached hydrogens (tertiary/aromatic N) is 1. The van der Waals surface area contributed by atoms with Crippen LogP contribution in [0.2, 0.25) is 0 Å². The Bertz CT molecular complexity index is 530. The van der Waals surface area contributed by atoms with Crippen LogP contribution in [0.1, 0.15) is 6.92 Å². The molecule has 0 saturated heterocycles. The summed E-state index contributed by atoms with van der Waals surface area (Å²) in [4.78, 5) is 11.7. The van der Waals surface area contributed by atoms with Crippen molar-refractivity contribution in [2.75, 3.05) is 0 Å². The van der Waals surface area contributed by atoms with Crippen molar-refractivity contribution >= 4 is 26.8 Å². The summed E-state index contributed by atoms with van der Waals surface area (Å²) >= 11 is 3.27. The van der Waals surface area contributed by atoms with Gasteiger partial charge in [0.05, 0.1) is 9.99 Å². The molecular formula is C11H10BrNO. The lowest BCUT2D eigenvalue weighted by Gasteiger charge is -2.08. The van der Waals surface area contributed by atoms with Crippen molar-refractivity contribution in [3.63, 3.8) is 0 Å². The van der Waals surface area contributed by atoms with Gasteiger partial charge in [0.1, 0.15) is 0 Å². The van der Waals surface area contributed by atoms with Crippen LogP contribution in [0.3, 0.4) is 0 Å². The molecule has 0 N–H and O–H groups in total. The molecule has 0 aliphatic heterocycles. The third kappa shape index (κ3) is 1.38. The molecule has 1 aromatic heterocycles. The molecule has 0 radical (unpaired) electrons. The van der Waals surface area contributed by atoms with E-state index in [0.717, 1.165) is 17.4 Å². The normalized spacial score (nSPS) is 10.7. The molecule has 14 heavy (non-hydrogen) atoms. The highest BCUT2D eigenvalue weighted by Gasteiger charge is 2.04. The molecule has 72 valence electrons. The third-order valence-corrected chi connectivity index (χ3v) is 2.85. The fraction of sp³-hybridized carbons (Fsp3) is 0.182. The van der Waals surface area contributed by atoms with Gasteiger partial charge in [0, 0.05) is 18.1 Å². The summed E-state index contributed by atoms with van der Waals surface area (Å²) in [7, 11) is 0. The smallest absolute Gasteiger partial charge is 0.203 e. The van der Waals surface area contributed by atoms with Crippen molar-refractivity contribution in [1.82, 2.24) is 4.57 Å². The van der Waals surface area contributed by atoms with E-state index in [4.69, 9.17) is 0 Å². The number of aromatic nitrogens is 1. The summed E-state index contributed by atoms with van der Waals surface area (Å²) in [5.41, 5.74) is 1.05. The van der Waals surface area contributed by atoms with Gasteiger partial charge in [0.2, 0.25) is 5.43 Å². The van der Waals surface area contributed by atoms with E-state index in [9.17, 15) is 4.79 Å². The first-order chi connectivity index (χ1) is 6.74. The molecule has 1 heterocycles. The van der Waals surface area contributed by atoms with Crippen LogP contribution in [0.25, 0.3) is 10.9 Å². The Kier molecular flexibility index (Phi) is 2.42. The van der Waals surface area contributed by atoms with Crippen LogP contribution in [0.15, 0.2) is 39.7 Å². The Morgan fingerprint density at radius 1 is 1.36 bits per heavy atom. The maximum Gasteiger partial charge on any atom is 0.203 e. The second-order valence-corrected chi connectivity index (χ2v) is 3.96. The summed E-state index contributed by atoms with van der Waals surface area (Å²) < 4.78 is 2.68. The Morgan fingerprint density at radius 2 is 2.07 bits per heavy atom. The van der Waals surface area contributed by atoms with Crippen molar-refractivity contribution < 1.29 is 0 Å². The standard InChI is InChI=1S/C11H10BrNO/c1-2-13-7-9(12)11(14)8-5-3-4-6-10(8)13/h3-7H,2H2,1H3. The topological polar surface area (TPSA) is 22.0 Å². The van der Waals surface area contributed by atoms with Gasteiger partial charge in [-0.1, -0.05) is 12.1 Å². The third-order valence-electron chi connectivity index (χ3n) is 2.28. The quantitative estimate of drug-likeness (QED) is 0.764. The van der Waals surface area contributed by atoms with E-state index in [-0.39, 0.29) is 5.43 Å². The van der Waals surface area contributed by atoms with Gasteiger partial charge >= 0.3 is 0 Å². The van der Waals surface area contributed by atoms with E-state index >= 15 is 0 Å². The Morgan fingerprint density at radius 3 is 2.79 bits per heavy atom. The van der Waals surface area contributed by atoms with Gasteiger partial charge in [0.25, 0.3) is 0 Å². The molecule has 0 fully saturated rings. The SMILES string of the molecule is CCn1cc(Br)c(=O)c2ccccc21. The lowest BCUT2D eigenvalue weighted by molar-refractivity contribution is 0.785. The van der Waals surface area contributed by atoms with Crippen molar-refractivity contribution in [3.05, 3.63) is 45.2 Å². The molecule has 0 amide bonds. The summed E-state index contributed by atoms with van der Waals surface area (Å²) in [6.07, 6.45) is 1.84. The predicted molar refractivity (Wildman–Crippen MR) is 61.6 cm³/mol. The second-order valence-electron chi connectivity index (χ2n) is 3.11. The van der Waals surface area contributed by atoms with E-state index < -0.39 is 0 Å². The van der Waals surface area contributed by atoms with E-state index in [1.165, 1.54) is 0 Å². The highest BCUT2D eigenvalue weighted by molar-refractivity contribution is 9.10. The van der Waals surface area contributed by atoms with Crippen LogP contribution >= 0.6 is 15.9 Å². The molecular weight excluding hydrogens is 242 g/mol. The Balaban J connectivity index is 2.97. The number of pyridine rings is 1. The zero-order valence-corrected chi connectivity index (χ0v) is 9.41. The Labute approximate surface area is 90.3 Å². The predicted octanol–water partition coefficient (Wildman–Crippen LogP) is 2.78. The Hall–Kier alpha value is -1.09. The molecule has 0 unspecified atom stereocenters. The number of hydrogen-bond donors (Lipinski definition) is 0. The lowest BCUT2D eigenvalue weighted by Crippen LogP contribution is -2.09.